The molecular formula is C25H25N3O3. The number of para-hydroxylation sites is 4. The molecule has 0 saturated carbocycles. The maximum absolute atomic E-state index is 12.7. The Morgan fingerprint density at radius 1 is 0.968 bits per heavy atom. The van der Waals surface area contributed by atoms with E-state index >= 15 is 0 Å². The van der Waals surface area contributed by atoms with Crippen LogP contribution in [-0.2, 0) is 24.4 Å². The number of methoxy groups -OCH3 is 1. The van der Waals surface area contributed by atoms with Gasteiger partial charge in [0.05, 0.1) is 18.1 Å². The highest BCUT2D eigenvalue weighted by molar-refractivity contribution is 5.81. The molecule has 0 fully saturated rings. The Labute approximate surface area is 181 Å². The largest absolute Gasteiger partial charge is 0.496 e. The summed E-state index contributed by atoms with van der Waals surface area (Å²) >= 11 is 0. The molecule has 6 nitrogen and oxygen atoms in total. The molecule has 0 aliphatic rings. The van der Waals surface area contributed by atoms with Gasteiger partial charge in [0.2, 0.25) is 5.91 Å². The zero-order chi connectivity index (χ0) is 21.5. The van der Waals surface area contributed by atoms with Crippen LogP contribution in [-0.4, -0.2) is 29.1 Å². The normalized spacial score (nSPS) is 10.7. The highest BCUT2D eigenvalue weighted by Crippen LogP contribution is 2.19. The summed E-state index contributed by atoms with van der Waals surface area (Å²) in [5, 5.41) is 3.00. The molecule has 0 bridgehead atoms. The first-order chi connectivity index (χ1) is 15.2. The van der Waals surface area contributed by atoms with Gasteiger partial charge in [-0.15, -0.1) is 0 Å². The van der Waals surface area contributed by atoms with E-state index in [4.69, 9.17) is 9.47 Å². The lowest BCUT2D eigenvalue weighted by atomic mass is 10.1. The van der Waals surface area contributed by atoms with E-state index in [1.807, 2.05) is 83.4 Å². The molecule has 1 amide bonds. The first-order valence-electron chi connectivity index (χ1n) is 10.2. The van der Waals surface area contributed by atoms with Crippen molar-refractivity contribution in [1.82, 2.24) is 14.9 Å². The fraction of sp³-hybridized carbons (Fsp3) is 0.200. The van der Waals surface area contributed by atoms with Crippen molar-refractivity contribution >= 4 is 16.9 Å². The molecule has 4 rings (SSSR count). The van der Waals surface area contributed by atoms with Crippen LogP contribution in [0, 0.1) is 0 Å². The van der Waals surface area contributed by atoms with Gasteiger partial charge in [0.25, 0.3) is 0 Å². The van der Waals surface area contributed by atoms with Gasteiger partial charge in [0.15, 0.2) is 0 Å². The highest BCUT2D eigenvalue weighted by Gasteiger charge is 2.14. The number of carbonyl (C=O) groups excluding carboxylic acids is 1. The third-order valence-electron chi connectivity index (χ3n) is 5.06. The zero-order valence-electron chi connectivity index (χ0n) is 17.5. The van der Waals surface area contributed by atoms with Crippen LogP contribution in [0.15, 0.2) is 78.9 Å². The molecule has 4 aromatic rings. The average Bonchev–Trinajstić information content (AvgIpc) is 3.16. The molecule has 3 aromatic carbocycles. The maximum atomic E-state index is 12.7. The molecule has 0 aliphatic carbocycles. The molecule has 1 aromatic heterocycles. The first-order valence-corrected chi connectivity index (χ1v) is 10.2. The molecule has 158 valence electrons. The van der Waals surface area contributed by atoms with E-state index in [0.717, 1.165) is 28.1 Å². The van der Waals surface area contributed by atoms with Crippen LogP contribution in [0.4, 0.5) is 0 Å². The van der Waals surface area contributed by atoms with Crippen LogP contribution >= 0.6 is 0 Å². The van der Waals surface area contributed by atoms with E-state index in [1.165, 1.54) is 0 Å². The lowest BCUT2D eigenvalue weighted by molar-refractivity contribution is -0.121. The minimum absolute atomic E-state index is 0.0704. The molecule has 0 aliphatic heterocycles. The number of carbonyl (C=O) groups is 1. The van der Waals surface area contributed by atoms with Crippen molar-refractivity contribution in [3.05, 3.63) is 90.3 Å². The van der Waals surface area contributed by atoms with E-state index in [2.05, 4.69) is 10.3 Å². The Morgan fingerprint density at radius 2 is 1.71 bits per heavy atom. The number of amides is 1. The van der Waals surface area contributed by atoms with E-state index in [9.17, 15) is 4.79 Å². The predicted molar refractivity (Wildman–Crippen MR) is 120 cm³/mol. The van der Waals surface area contributed by atoms with Gasteiger partial charge in [0.1, 0.15) is 30.5 Å². The lowest BCUT2D eigenvalue weighted by Gasteiger charge is -2.12. The number of imidazole rings is 1. The van der Waals surface area contributed by atoms with E-state index in [0.29, 0.717) is 18.8 Å². The third-order valence-corrected chi connectivity index (χ3v) is 5.06. The van der Waals surface area contributed by atoms with Crippen LogP contribution in [0.5, 0.6) is 11.5 Å². The molecule has 0 atom stereocenters. The summed E-state index contributed by atoms with van der Waals surface area (Å²) in [4.78, 5) is 17.4. The lowest BCUT2D eigenvalue weighted by Crippen LogP contribution is -2.30. The van der Waals surface area contributed by atoms with Gasteiger partial charge in [-0.1, -0.05) is 48.5 Å². The van der Waals surface area contributed by atoms with E-state index < -0.39 is 0 Å². The maximum Gasteiger partial charge on any atom is 0.240 e. The molecule has 6 heteroatoms. The number of ether oxygens (including phenoxy) is 2. The van der Waals surface area contributed by atoms with Crippen molar-refractivity contribution in [2.45, 2.75) is 19.6 Å². The van der Waals surface area contributed by atoms with Crippen LogP contribution in [0.25, 0.3) is 11.0 Å². The predicted octanol–water partition coefficient (Wildman–Crippen LogP) is 3.98. The molecule has 0 spiro atoms. The number of rotatable bonds is 9. The molecular weight excluding hydrogens is 390 g/mol. The van der Waals surface area contributed by atoms with Crippen molar-refractivity contribution in [1.29, 1.82) is 0 Å². The SMILES string of the molecule is COc1ccccc1CCNC(=O)Cn1c(COc2ccccc2)nc2ccccc21. The second kappa shape index (κ2) is 9.80. The summed E-state index contributed by atoms with van der Waals surface area (Å²) in [5.41, 5.74) is 2.82. The van der Waals surface area contributed by atoms with Crippen LogP contribution in [0.3, 0.4) is 0 Å². The smallest absolute Gasteiger partial charge is 0.240 e. The number of nitrogens with zero attached hydrogens (tertiary/aromatic N) is 2. The van der Waals surface area contributed by atoms with Gasteiger partial charge < -0.3 is 19.4 Å². The minimum atomic E-state index is -0.0704. The summed E-state index contributed by atoms with van der Waals surface area (Å²) in [6.07, 6.45) is 0.699. The third kappa shape index (κ3) is 5.04. The van der Waals surface area contributed by atoms with Crippen molar-refractivity contribution in [2.24, 2.45) is 0 Å². The second-order valence-electron chi connectivity index (χ2n) is 7.12. The van der Waals surface area contributed by atoms with Crippen molar-refractivity contribution in [3.63, 3.8) is 0 Å². The quantitative estimate of drug-likeness (QED) is 0.449. The van der Waals surface area contributed by atoms with Gasteiger partial charge in [-0.2, -0.15) is 0 Å². The first kappa shape index (κ1) is 20.5. The van der Waals surface area contributed by atoms with Crippen LogP contribution in [0.1, 0.15) is 11.4 Å². The summed E-state index contributed by atoms with van der Waals surface area (Å²) in [6.45, 7) is 0.995. The van der Waals surface area contributed by atoms with Crippen LogP contribution < -0.4 is 14.8 Å². The summed E-state index contributed by atoms with van der Waals surface area (Å²) in [6, 6.07) is 25.2. The molecule has 1 heterocycles. The standard InChI is InChI=1S/C25H25N3O3/c1-30-23-14-8-5-9-19(23)15-16-26-25(29)17-28-22-13-7-6-12-21(22)27-24(28)18-31-20-10-3-2-4-11-20/h2-14H,15-18H2,1H3,(H,26,29). The number of benzene rings is 3. The molecule has 1 N–H and O–H groups in total. The number of hydrogen-bond acceptors (Lipinski definition) is 4. The van der Waals surface area contributed by atoms with Crippen molar-refractivity contribution in [3.8, 4) is 11.5 Å². The molecule has 0 radical (unpaired) electrons. The summed E-state index contributed by atoms with van der Waals surface area (Å²) < 4.78 is 13.2. The summed E-state index contributed by atoms with van der Waals surface area (Å²) in [5.74, 6) is 2.24. The zero-order valence-corrected chi connectivity index (χ0v) is 17.5. The van der Waals surface area contributed by atoms with Gasteiger partial charge in [-0.3, -0.25) is 4.79 Å². The Bertz CT molecular complexity index is 1160. The van der Waals surface area contributed by atoms with Crippen LogP contribution in [0.2, 0.25) is 0 Å². The highest BCUT2D eigenvalue weighted by atomic mass is 16.5. The fourth-order valence-electron chi connectivity index (χ4n) is 3.52. The number of fused-ring (bicyclic) bond motifs is 1. The monoisotopic (exact) mass is 415 g/mol. The Kier molecular flexibility index (Phi) is 6.47. The minimum Gasteiger partial charge on any atom is -0.496 e. The van der Waals surface area contributed by atoms with Crippen molar-refractivity contribution < 1.29 is 14.3 Å². The average molecular weight is 415 g/mol. The number of hydrogen-bond donors (Lipinski definition) is 1. The molecule has 31 heavy (non-hydrogen) atoms. The van der Waals surface area contributed by atoms with Gasteiger partial charge in [-0.05, 0) is 42.3 Å². The Morgan fingerprint density at radius 3 is 2.55 bits per heavy atom. The number of nitrogens with one attached hydrogen (secondary N) is 1. The summed E-state index contributed by atoms with van der Waals surface area (Å²) in [7, 11) is 1.65. The van der Waals surface area contributed by atoms with Crippen molar-refractivity contribution in [2.75, 3.05) is 13.7 Å². The van der Waals surface area contributed by atoms with E-state index in [-0.39, 0.29) is 19.1 Å². The topological polar surface area (TPSA) is 65.4 Å². The molecule has 0 saturated heterocycles. The number of aromatic nitrogens is 2. The fourth-order valence-corrected chi connectivity index (χ4v) is 3.52. The van der Waals surface area contributed by atoms with Gasteiger partial charge in [0, 0.05) is 6.54 Å². The molecule has 0 unspecified atom stereocenters. The van der Waals surface area contributed by atoms with E-state index in [1.54, 1.807) is 7.11 Å². The second-order valence-corrected chi connectivity index (χ2v) is 7.12. The van der Waals surface area contributed by atoms with Gasteiger partial charge in [-0.25, -0.2) is 4.98 Å². The Balaban J connectivity index is 1.43. The Hall–Kier alpha value is -3.80. The van der Waals surface area contributed by atoms with Gasteiger partial charge >= 0.3 is 0 Å².